The zero-order valence-corrected chi connectivity index (χ0v) is 39.3. The third-order valence-electron chi connectivity index (χ3n) is 16.1. The maximum atomic E-state index is 2.56. The minimum atomic E-state index is -0.122. The molecule has 0 unspecified atom stereocenters. The number of anilines is 4. The van der Waals surface area contributed by atoms with Crippen LogP contribution >= 0.6 is 0 Å². The van der Waals surface area contributed by atoms with Gasteiger partial charge in [-0.25, -0.2) is 0 Å². The van der Waals surface area contributed by atoms with Crippen LogP contribution in [0.3, 0.4) is 0 Å². The number of hydrogen-bond acceptors (Lipinski definition) is 2. The topological polar surface area (TPSA) is 6.48 Å². The first-order valence-electron chi connectivity index (χ1n) is 25.0. The maximum absolute atomic E-state index is 2.56. The zero-order chi connectivity index (χ0) is 45.8. The van der Waals surface area contributed by atoms with E-state index in [2.05, 4.69) is 230 Å². The summed E-state index contributed by atoms with van der Waals surface area (Å²) in [6, 6.07) is 78.7. The minimum absolute atomic E-state index is 0.122. The molecule has 0 N–H and O–H groups in total. The number of nitrogens with zero attached hydrogens (tertiary/aromatic N) is 2. The maximum Gasteiger partial charge on any atom is 0.0443 e. The van der Waals surface area contributed by atoms with Gasteiger partial charge < -0.3 is 9.80 Å². The van der Waals surface area contributed by atoms with Gasteiger partial charge in [0.1, 0.15) is 0 Å². The van der Waals surface area contributed by atoms with Crippen molar-refractivity contribution in [2.24, 2.45) is 0 Å². The minimum Gasteiger partial charge on any atom is -0.341 e. The van der Waals surface area contributed by atoms with Crippen LogP contribution < -0.4 is 9.80 Å². The highest BCUT2D eigenvalue weighted by atomic mass is 15.1. The average Bonchev–Trinajstić information content (AvgIpc) is 3.64. The van der Waals surface area contributed by atoms with Crippen LogP contribution in [0.15, 0.2) is 206 Å². The molecule has 2 nitrogen and oxygen atoms in total. The molecule has 2 heterocycles. The summed E-state index contributed by atoms with van der Waals surface area (Å²) in [7, 11) is 0. The Bertz CT molecular complexity index is 3890. The molecule has 0 aromatic heterocycles. The molecule has 0 saturated heterocycles. The molecule has 330 valence electrons. The van der Waals surface area contributed by atoms with Gasteiger partial charge in [-0.05, 0) is 184 Å². The summed E-state index contributed by atoms with van der Waals surface area (Å²) in [6.45, 7) is 6.79. The van der Waals surface area contributed by atoms with E-state index in [9.17, 15) is 0 Å². The second-order valence-corrected chi connectivity index (χ2v) is 20.2. The van der Waals surface area contributed by atoms with Crippen molar-refractivity contribution in [3.63, 3.8) is 0 Å². The Morgan fingerprint density at radius 1 is 0.348 bits per heavy atom. The average molecular weight is 885 g/mol. The van der Waals surface area contributed by atoms with Crippen LogP contribution in [0.1, 0.15) is 48.9 Å². The van der Waals surface area contributed by atoms with Gasteiger partial charge in [-0.1, -0.05) is 172 Å². The molecule has 0 atom stereocenters. The van der Waals surface area contributed by atoms with E-state index >= 15 is 0 Å². The number of hydrogen-bond donors (Lipinski definition) is 0. The van der Waals surface area contributed by atoms with Gasteiger partial charge in [0.05, 0.1) is 0 Å². The van der Waals surface area contributed by atoms with Gasteiger partial charge in [0.25, 0.3) is 0 Å². The molecule has 1 aliphatic carbocycles. The van der Waals surface area contributed by atoms with Gasteiger partial charge in [-0.2, -0.15) is 0 Å². The smallest absolute Gasteiger partial charge is 0.0443 e. The first kappa shape index (κ1) is 40.2. The first-order valence-corrected chi connectivity index (χ1v) is 25.0. The Hall–Kier alpha value is -7.94. The molecule has 11 aromatic carbocycles. The highest BCUT2D eigenvalue weighted by molar-refractivity contribution is 6.23. The molecular weight excluding hydrogens is 833 g/mol. The third kappa shape index (κ3) is 6.24. The van der Waals surface area contributed by atoms with Crippen LogP contribution in [0.4, 0.5) is 22.7 Å². The molecule has 0 bridgehead atoms. The van der Waals surface area contributed by atoms with Crippen LogP contribution in [0, 0.1) is 0 Å². The van der Waals surface area contributed by atoms with Gasteiger partial charge in [0, 0.05) is 41.3 Å². The number of benzene rings is 11. The van der Waals surface area contributed by atoms with Gasteiger partial charge >= 0.3 is 0 Å². The number of rotatable bonds is 5. The van der Waals surface area contributed by atoms with E-state index in [1.807, 2.05) is 0 Å². The van der Waals surface area contributed by atoms with Crippen LogP contribution in [0.5, 0.6) is 0 Å². The van der Waals surface area contributed by atoms with E-state index < -0.39 is 0 Å². The Kier molecular flexibility index (Phi) is 9.05. The molecule has 0 radical (unpaired) electrons. The van der Waals surface area contributed by atoms with Crippen molar-refractivity contribution in [3.05, 3.63) is 229 Å². The summed E-state index contributed by atoms with van der Waals surface area (Å²) in [6.07, 6.45) is 4.49. The standard InChI is InChI=1S/C67H52N2/c1-67(2)61-24-10-9-23-54(61)55-34-31-48(40-62(55)67)66-57-36-33-49(68-37-13-18-44-15-4-11-25-63(44)68)41-59(57)65(56-35-32-50(42-60(56)66)69-38-14-19-45-16-5-12-26-64(45)69)46-29-27-43(28-30-46)58-39-47-17-3-6-20-51(47)52-21-7-8-22-53(52)58/h3-12,15-17,20-36,39-42H,13-14,18-19,37-38H2,1-2H3. The second kappa shape index (κ2) is 15.6. The van der Waals surface area contributed by atoms with Gasteiger partial charge in [-0.3, -0.25) is 0 Å². The molecule has 69 heavy (non-hydrogen) atoms. The Morgan fingerprint density at radius 2 is 0.870 bits per heavy atom. The van der Waals surface area contributed by atoms with Crippen LogP contribution in [-0.2, 0) is 18.3 Å². The molecule has 0 amide bonds. The summed E-state index contributed by atoms with van der Waals surface area (Å²) in [5, 5.41) is 10.2. The highest BCUT2D eigenvalue weighted by Crippen LogP contribution is 2.53. The molecule has 2 heteroatoms. The number of aryl methyl sites for hydroxylation is 2. The van der Waals surface area contributed by atoms with Crippen molar-refractivity contribution < 1.29 is 0 Å². The summed E-state index contributed by atoms with van der Waals surface area (Å²) < 4.78 is 0. The summed E-state index contributed by atoms with van der Waals surface area (Å²) in [5.74, 6) is 0. The number of fused-ring (bicyclic) bond motifs is 10. The van der Waals surface area contributed by atoms with Crippen molar-refractivity contribution in [2.45, 2.75) is 44.9 Å². The van der Waals surface area contributed by atoms with Crippen LogP contribution in [0.25, 0.3) is 87.6 Å². The molecule has 0 fully saturated rings. The van der Waals surface area contributed by atoms with Crippen molar-refractivity contribution >= 4 is 65.8 Å². The molecular formula is C67H52N2. The van der Waals surface area contributed by atoms with Gasteiger partial charge in [0.2, 0.25) is 0 Å². The van der Waals surface area contributed by atoms with E-state index in [4.69, 9.17) is 0 Å². The van der Waals surface area contributed by atoms with Gasteiger partial charge in [0.15, 0.2) is 0 Å². The zero-order valence-electron chi connectivity index (χ0n) is 39.3. The largest absolute Gasteiger partial charge is 0.341 e. The van der Waals surface area contributed by atoms with Crippen LogP contribution in [0.2, 0.25) is 0 Å². The van der Waals surface area contributed by atoms with Crippen molar-refractivity contribution in [1.29, 1.82) is 0 Å². The summed E-state index contributed by atoms with van der Waals surface area (Å²) >= 11 is 0. The fourth-order valence-electron chi connectivity index (χ4n) is 12.7. The monoisotopic (exact) mass is 884 g/mol. The Morgan fingerprint density at radius 3 is 1.55 bits per heavy atom. The molecule has 0 saturated carbocycles. The van der Waals surface area contributed by atoms with E-state index in [0.29, 0.717) is 0 Å². The fraction of sp³-hybridized carbons (Fsp3) is 0.134. The Labute approximate surface area is 404 Å². The van der Waals surface area contributed by atoms with Crippen molar-refractivity contribution in [3.8, 4) is 44.5 Å². The quantitative estimate of drug-likeness (QED) is 0.126. The molecule has 0 spiro atoms. The second-order valence-electron chi connectivity index (χ2n) is 20.2. The summed E-state index contributed by atoms with van der Waals surface area (Å²) in [5.41, 5.74) is 20.9. The van der Waals surface area contributed by atoms with Crippen molar-refractivity contribution in [1.82, 2.24) is 0 Å². The molecule has 11 aromatic rings. The molecule has 3 aliphatic rings. The molecule has 2 aliphatic heterocycles. The van der Waals surface area contributed by atoms with E-state index in [1.165, 1.54) is 133 Å². The predicted octanol–water partition coefficient (Wildman–Crippen LogP) is 17.8. The lowest BCUT2D eigenvalue weighted by Crippen LogP contribution is -2.24. The van der Waals surface area contributed by atoms with Crippen LogP contribution in [-0.4, -0.2) is 13.1 Å². The lowest BCUT2D eigenvalue weighted by molar-refractivity contribution is 0.660. The third-order valence-corrected chi connectivity index (χ3v) is 16.1. The Balaban J connectivity index is 1.04. The van der Waals surface area contributed by atoms with E-state index in [1.54, 1.807) is 0 Å². The van der Waals surface area contributed by atoms with E-state index in [-0.39, 0.29) is 5.41 Å². The molecule has 14 rings (SSSR count). The lowest BCUT2D eigenvalue weighted by Gasteiger charge is -2.32. The lowest BCUT2D eigenvalue weighted by atomic mass is 9.80. The normalized spacial score (nSPS) is 14.8. The van der Waals surface area contributed by atoms with Crippen molar-refractivity contribution in [2.75, 3.05) is 22.9 Å². The SMILES string of the molecule is CC1(C)c2ccccc2-c2ccc(-c3c4ccc(N5CCCc6ccccc65)cc4c(-c4ccc(-c5cc6ccccc6c6ccccc56)cc4)c4ccc(N5CCCc6ccccc65)cc34)cc21. The number of para-hydroxylation sites is 2. The van der Waals surface area contributed by atoms with Gasteiger partial charge in [-0.15, -0.1) is 0 Å². The van der Waals surface area contributed by atoms with E-state index in [0.717, 1.165) is 38.8 Å². The first-order chi connectivity index (χ1) is 34.0. The highest BCUT2D eigenvalue weighted by Gasteiger charge is 2.36. The predicted molar refractivity (Wildman–Crippen MR) is 294 cm³/mol. The summed E-state index contributed by atoms with van der Waals surface area (Å²) in [4.78, 5) is 5.12. The fourth-order valence-corrected chi connectivity index (χ4v) is 12.7.